The maximum absolute atomic E-state index is 14.6. The summed E-state index contributed by atoms with van der Waals surface area (Å²) in [7, 11) is 9.91. The van der Waals surface area contributed by atoms with Crippen molar-refractivity contribution in [1.82, 2.24) is 25.3 Å². The van der Waals surface area contributed by atoms with Crippen molar-refractivity contribution in [3.8, 4) is 0 Å². The molecule has 0 saturated carbocycles. The highest BCUT2D eigenvalue weighted by molar-refractivity contribution is 5.90. The number of carbonyl (C=O) groups is 5. The van der Waals surface area contributed by atoms with Crippen LogP contribution < -0.4 is 16.0 Å². The fourth-order valence-electron chi connectivity index (χ4n) is 8.99. The van der Waals surface area contributed by atoms with Gasteiger partial charge in [-0.25, -0.2) is 4.79 Å². The molecular formula is C48H76N6O8. The van der Waals surface area contributed by atoms with Crippen molar-refractivity contribution in [2.45, 2.75) is 130 Å². The first-order chi connectivity index (χ1) is 29.4. The molecule has 3 rings (SSSR count). The number of amides is 4. The van der Waals surface area contributed by atoms with Crippen LogP contribution in [0.3, 0.4) is 0 Å². The summed E-state index contributed by atoms with van der Waals surface area (Å²) in [5.41, 5.74) is 2.92. The molecule has 346 valence electrons. The van der Waals surface area contributed by atoms with Gasteiger partial charge < -0.3 is 40.0 Å². The molecule has 0 bridgehead atoms. The van der Waals surface area contributed by atoms with E-state index in [0.717, 1.165) is 23.2 Å². The Morgan fingerprint density at radius 1 is 0.839 bits per heavy atom. The molecule has 0 spiro atoms. The lowest BCUT2D eigenvalue weighted by Gasteiger charge is -2.41. The van der Waals surface area contributed by atoms with Crippen molar-refractivity contribution in [2.75, 3.05) is 54.3 Å². The van der Waals surface area contributed by atoms with Gasteiger partial charge in [0.15, 0.2) is 0 Å². The number of likely N-dealkylation sites (tertiary alicyclic amines) is 1. The van der Waals surface area contributed by atoms with E-state index in [4.69, 9.17) is 14.2 Å². The lowest BCUT2D eigenvalue weighted by atomic mass is 9.89. The van der Waals surface area contributed by atoms with Crippen LogP contribution >= 0.6 is 0 Å². The van der Waals surface area contributed by atoms with Crippen LogP contribution in [0, 0.1) is 23.7 Å². The second kappa shape index (κ2) is 24.9. The standard InChI is InChI=1S/C48H76N6O8/c1-14-32(6)43(53(10)47(58)41(30(2)3)51-46(57)42(31(4)5)52(9)29-35-22-18-23-36(26-35)49-8)39(60-11)28-40(55)54-25-19-24-38(54)44(61-12)33(7)45(56)50-37(48(59)62-13)27-34-20-16-15-17-21-34/h15-18,20-23,26,30-33,37-39,41-44,49H,14,19,24-25,27-29H2,1-13H3,(H,50,56)(H,51,57)/t32-,33+,37-,38-,39+,41-,42-,43-,44+/m0/s1. The van der Waals surface area contributed by atoms with Gasteiger partial charge in [-0.3, -0.25) is 24.1 Å². The monoisotopic (exact) mass is 865 g/mol. The topological polar surface area (TPSA) is 159 Å². The molecule has 1 aliphatic rings. The summed E-state index contributed by atoms with van der Waals surface area (Å²) in [4.78, 5) is 75.0. The fourth-order valence-corrected chi connectivity index (χ4v) is 8.99. The number of likely N-dealkylation sites (N-methyl/N-ethyl adjacent to an activating group) is 2. The highest BCUT2D eigenvalue weighted by atomic mass is 16.5. The molecule has 1 fully saturated rings. The van der Waals surface area contributed by atoms with Crippen molar-refractivity contribution in [3.63, 3.8) is 0 Å². The minimum atomic E-state index is -0.899. The summed E-state index contributed by atoms with van der Waals surface area (Å²) < 4.78 is 17.1. The Morgan fingerprint density at radius 2 is 1.50 bits per heavy atom. The minimum absolute atomic E-state index is 0.00813. The van der Waals surface area contributed by atoms with E-state index in [1.54, 1.807) is 30.9 Å². The molecule has 9 atom stereocenters. The van der Waals surface area contributed by atoms with Gasteiger partial charge in [0.1, 0.15) is 12.1 Å². The maximum Gasteiger partial charge on any atom is 0.328 e. The van der Waals surface area contributed by atoms with Crippen LogP contribution in [0.1, 0.15) is 85.3 Å². The average molecular weight is 865 g/mol. The smallest absolute Gasteiger partial charge is 0.328 e. The minimum Gasteiger partial charge on any atom is -0.467 e. The van der Waals surface area contributed by atoms with Gasteiger partial charge in [0.05, 0.1) is 49.8 Å². The van der Waals surface area contributed by atoms with E-state index >= 15 is 0 Å². The van der Waals surface area contributed by atoms with Crippen molar-refractivity contribution in [1.29, 1.82) is 0 Å². The number of hydrogen-bond acceptors (Lipinski definition) is 10. The molecule has 2 aromatic carbocycles. The van der Waals surface area contributed by atoms with Gasteiger partial charge in [0.2, 0.25) is 23.6 Å². The van der Waals surface area contributed by atoms with E-state index in [2.05, 4.69) is 22.0 Å². The van der Waals surface area contributed by atoms with Gasteiger partial charge in [-0.15, -0.1) is 0 Å². The number of rotatable bonds is 24. The zero-order valence-electron chi connectivity index (χ0n) is 39.6. The second-order valence-electron chi connectivity index (χ2n) is 17.6. The number of methoxy groups -OCH3 is 3. The van der Waals surface area contributed by atoms with E-state index in [1.807, 2.05) is 109 Å². The normalized spacial score (nSPS) is 18.0. The van der Waals surface area contributed by atoms with E-state index < -0.39 is 54.3 Å². The van der Waals surface area contributed by atoms with Crippen molar-refractivity contribution < 1.29 is 38.2 Å². The highest BCUT2D eigenvalue weighted by Crippen LogP contribution is 2.30. The first kappa shape index (κ1) is 51.8. The highest BCUT2D eigenvalue weighted by Gasteiger charge is 2.43. The van der Waals surface area contributed by atoms with E-state index in [1.165, 1.54) is 14.2 Å². The molecule has 1 heterocycles. The summed E-state index contributed by atoms with van der Waals surface area (Å²) in [6.45, 7) is 14.7. The molecule has 3 N–H and O–H groups in total. The number of benzene rings is 2. The Kier molecular flexibility index (Phi) is 20.8. The second-order valence-corrected chi connectivity index (χ2v) is 17.6. The van der Waals surface area contributed by atoms with Crippen LogP contribution in [0.15, 0.2) is 54.6 Å². The Morgan fingerprint density at radius 3 is 2.06 bits per heavy atom. The van der Waals surface area contributed by atoms with Crippen molar-refractivity contribution >= 4 is 35.3 Å². The molecule has 1 saturated heterocycles. The third-order valence-corrected chi connectivity index (χ3v) is 12.6. The van der Waals surface area contributed by atoms with Gasteiger partial charge in [-0.05, 0) is 60.9 Å². The third kappa shape index (κ3) is 13.7. The first-order valence-corrected chi connectivity index (χ1v) is 22.2. The molecule has 14 nitrogen and oxygen atoms in total. The number of carbonyl (C=O) groups excluding carboxylic acids is 5. The zero-order chi connectivity index (χ0) is 46.3. The molecule has 0 unspecified atom stereocenters. The number of nitrogens with zero attached hydrogens (tertiary/aromatic N) is 3. The van der Waals surface area contributed by atoms with Crippen LogP contribution in [0.5, 0.6) is 0 Å². The van der Waals surface area contributed by atoms with Gasteiger partial charge >= 0.3 is 5.97 Å². The molecule has 0 aliphatic carbocycles. The third-order valence-electron chi connectivity index (χ3n) is 12.6. The Hall–Kier alpha value is -4.53. The summed E-state index contributed by atoms with van der Waals surface area (Å²) in [5.74, 6) is -2.61. The van der Waals surface area contributed by atoms with Crippen LogP contribution in [0.2, 0.25) is 0 Å². The van der Waals surface area contributed by atoms with Crippen LogP contribution in [0.25, 0.3) is 0 Å². The lowest BCUT2D eigenvalue weighted by molar-refractivity contribution is -0.149. The lowest BCUT2D eigenvalue weighted by Crippen LogP contribution is -2.60. The largest absolute Gasteiger partial charge is 0.467 e. The Balaban J connectivity index is 1.79. The molecule has 4 amide bonds. The predicted molar refractivity (Wildman–Crippen MR) is 243 cm³/mol. The Labute approximate surface area is 371 Å². The summed E-state index contributed by atoms with van der Waals surface area (Å²) >= 11 is 0. The number of hydrogen-bond donors (Lipinski definition) is 3. The van der Waals surface area contributed by atoms with E-state index in [9.17, 15) is 24.0 Å². The quantitative estimate of drug-likeness (QED) is 0.121. The number of ether oxygens (including phenoxy) is 3. The number of nitrogens with one attached hydrogen (secondary N) is 3. The molecule has 2 aromatic rings. The van der Waals surface area contributed by atoms with Gasteiger partial charge in [0, 0.05) is 53.5 Å². The molecule has 0 radical (unpaired) electrons. The molecule has 14 heteroatoms. The number of esters is 1. The van der Waals surface area contributed by atoms with Gasteiger partial charge in [0.25, 0.3) is 0 Å². The zero-order valence-corrected chi connectivity index (χ0v) is 39.6. The average Bonchev–Trinajstić information content (AvgIpc) is 3.74. The van der Waals surface area contributed by atoms with E-state index in [-0.39, 0.29) is 54.2 Å². The van der Waals surface area contributed by atoms with E-state index in [0.29, 0.717) is 25.9 Å². The molecule has 0 aromatic heterocycles. The van der Waals surface area contributed by atoms with Crippen molar-refractivity contribution in [3.05, 3.63) is 65.7 Å². The maximum atomic E-state index is 14.6. The summed E-state index contributed by atoms with van der Waals surface area (Å²) in [5, 5.41) is 9.16. The molecule has 62 heavy (non-hydrogen) atoms. The van der Waals surface area contributed by atoms with Crippen molar-refractivity contribution in [2.24, 2.45) is 23.7 Å². The van der Waals surface area contributed by atoms with Crippen LogP contribution in [0.4, 0.5) is 5.69 Å². The molecular weight excluding hydrogens is 789 g/mol. The number of anilines is 1. The van der Waals surface area contributed by atoms with Crippen LogP contribution in [-0.4, -0.2) is 136 Å². The first-order valence-electron chi connectivity index (χ1n) is 22.2. The SMILES string of the molecule is CC[C@H](C)[C@@H]([C@@H](CC(=O)N1CCC[C@H]1[C@H](OC)[C@@H](C)C(=O)N[C@@H](Cc1ccccc1)C(=O)OC)OC)N(C)C(=O)[C@@H](NC(=O)[C@H](C(C)C)N(C)Cc1cccc(NC)c1)C(C)C. The summed E-state index contributed by atoms with van der Waals surface area (Å²) in [6, 6.07) is 14.3. The van der Waals surface area contributed by atoms with Crippen LogP contribution in [-0.2, 0) is 51.1 Å². The Bertz CT molecular complexity index is 1740. The molecule has 1 aliphatic heterocycles. The van der Waals surface area contributed by atoms with Gasteiger partial charge in [-0.1, -0.05) is 97.4 Å². The predicted octanol–water partition coefficient (Wildman–Crippen LogP) is 5.15. The fraction of sp³-hybridized carbons (Fsp3) is 0.646. The van der Waals surface area contributed by atoms with Gasteiger partial charge in [-0.2, -0.15) is 0 Å². The summed E-state index contributed by atoms with van der Waals surface area (Å²) in [6.07, 6.45) is 0.990.